The summed E-state index contributed by atoms with van der Waals surface area (Å²) in [5.41, 5.74) is 24.4. The van der Waals surface area contributed by atoms with E-state index in [2.05, 4.69) is 25.9 Å². The van der Waals surface area contributed by atoms with E-state index < -0.39 is 41.9 Å². The number of guanidine groups is 1. The molecule has 0 saturated heterocycles. The van der Waals surface area contributed by atoms with Gasteiger partial charge in [-0.3, -0.25) is 19.4 Å². The Labute approximate surface area is 247 Å². The van der Waals surface area contributed by atoms with E-state index in [9.17, 15) is 19.2 Å². The number of nitrogens with zero attached hydrogens (tertiary/aromatic N) is 1. The van der Waals surface area contributed by atoms with E-state index in [-0.39, 0.29) is 31.3 Å². The van der Waals surface area contributed by atoms with Crippen LogP contribution in [0.3, 0.4) is 0 Å². The van der Waals surface area contributed by atoms with Crippen LogP contribution in [0.4, 0.5) is 0 Å². The zero-order valence-corrected chi connectivity index (χ0v) is 24.6. The molecule has 0 spiro atoms. The molecule has 2 rings (SSSR count). The number of hydrogen-bond acceptors (Lipinski definition) is 7. The van der Waals surface area contributed by atoms with Crippen molar-refractivity contribution in [3.63, 3.8) is 0 Å². The number of nitrogens with one attached hydrogen (secondary N) is 4. The lowest BCUT2D eigenvalue weighted by atomic mass is 10.0. The topological polar surface area (TPSA) is 237 Å². The van der Waals surface area contributed by atoms with Crippen molar-refractivity contribution in [2.45, 2.75) is 83.0 Å². The Morgan fingerprint density at radius 3 is 2.31 bits per heavy atom. The van der Waals surface area contributed by atoms with Crippen LogP contribution < -0.4 is 38.9 Å². The number of carbonyl (C=O) groups is 4. The number of fused-ring (bicyclic) bond motifs is 1. The maximum atomic E-state index is 13.4. The molecule has 1 heterocycles. The molecule has 13 nitrogen and oxygen atoms in total. The van der Waals surface area contributed by atoms with E-state index in [1.165, 1.54) is 0 Å². The Hall–Kier alpha value is -3.97. The molecule has 0 aliphatic rings. The summed E-state index contributed by atoms with van der Waals surface area (Å²) in [6.07, 6.45) is 5.53. The molecule has 4 atom stereocenters. The van der Waals surface area contributed by atoms with Gasteiger partial charge in [-0.25, -0.2) is 0 Å². The number of para-hydroxylation sites is 1. The third-order valence-electron chi connectivity index (χ3n) is 6.83. The molecule has 13 heteroatoms. The number of unbranched alkanes of at least 4 members (excludes halogenated alkanes) is 1. The molecule has 232 valence electrons. The standard InChI is InChI=1S/C29H47N9O4/c1-18(2)14-25(38-26(40)22(31)15-19-16-35-23-10-4-3-9-21(19)23)28(42)37-24(11-7-13-34-29(32)33)27(41)36-20(17-39)8-5-6-12-30/h3-4,9-10,16-18,20,22,24-25,35H,5-8,11-15,30-31H2,1-2H3,(H,36,41)(H,37,42)(H,38,40)(H4,32,33,34)/t20-,22-,24-,25-/m0/s1. The van der Waals surface area contributed by atoms with Crippen LogP contribution in [-0.2, 0) is 25.6 Å². The van der Waals surface area contributed by atoms with Crippen LogP contribution in [0.2, 0.25) is 0 Å². The smallest absolute Gasteiger partial charge is 0.243 e. The zero-order chi connectivity index (χ0) is 31.1. The average molecular weight is 586 g/mol. The third-order valence-corrected chi connectivity index (χ3v) is 6.83. The van der Waals surface area contributed by atoms with Gasteiger partial charge in [0.05, 0.1) is 12.1 Å². The van der Waals surface area contributed by atoms with Crippen LogP contribution in [0.15, 0.2) is 35.5 Å². The summed E-state index contributed by atoms with van der Waals surface area (Å²) in [7, 11) is 0. The van der Waals surface area contributed by atoms with E-state index in [0.717, 1.165) is 22.9 Å². The van der Waals surface area contributed by atoms with Crippen LogP contribution >= 0.6 is 0 Å². The van der Waals surface area contributed by atoms with Crippen molar-refractivity contribution in [2.75, 3.05) is 13.1 Å². The number of aliphatic imine (C=N–C) groups is 1. The fourth-order valence-electron chi connectivity index (χ4n) is 4.62. The Morgan fingerprint density at radius 1 is 0.952 bits per heavy atom. The summed E-state index contributed by atoms with van der Waals surface area (Å²) >= 11 is 0. The number of rotatable bonds is 19. The van der Waals surface area contributed by atoms with Gasteiger partial charge in [0.1, 0.15) is 18.4 Å². The second-order valence-corrected chi connectivity index (χ2v) is 10.9. The fourth-order valence-corrected chi connectivity index (χ4v) is 4.62. The fraction of sp³-hybridized carbons (Fsp3) is 0.552. The minimum Gasteiger partial charge on any atom is -0.370 e. The van der Waals surface area contributed by atoms with E-state index in [1.54, 1.807) is 0 Å². The number of hydrogen-bond donors (Lipinski definition) is 8. The number of carbonyl (C=O) groups excluding carboxylic acids is 4. The van der Waals surface area contributed by atoms with Crippen molar-refractivity contribution in [3.8, 4) is 0 Å². The molecule has 0 unspecified atom stereocenters. The molecule has 0 aliphatic heterocycles. The first kappa shape index (κ1) is 34.2. The zero-order valence-electron chi connectivity index (χ0n) is 24.6. The van der Waals surface area contributed by atoms with Crippen molar-refractivity contribution < 1.29 is 19.2 Å². The van der Waals surface area contributed by atoms with Gasteiger partial charge < -0.3 is 48.7 Å². The molecule has 1 aromatic heterocycles. The number of amides is 3. The SMILES string of the molecule is CC(C)C[C@H](NC(=O)[C@@H](N)Cc1c[nH]c2ccccc12)C(=O)N[C@@H](CCCN=C(N)N)C(=O)N[C@H](C=O)CCCCN. The number of aromatic nitrogens is 1. The van der Waals surface area contributed by atoms with Crippen molar-refractivity contribution in [2.24, 2.45) is 33.8 Å². The molecule has 0 bridgehead atoms. The molecule has 2 aromatic rings. The lowest BCUT2D eigenvalue weighted by Gasteiger charge is -2.26. The normalized spacial score (nSPS) is 14.0. The van der Waals surface area contributed by atoms with E-state index >= 15 is 0 Å². The molecule has 3 amide bonds. The molecule has 42 heavy (non-hydrogen) atoms. The van der Waals surface area contributed by atoms with Gasteiger partial charge in [0.2, 0.25) is 17.7 Å². The van der Waals surface area contributed by atoms with E-state index in [1.807, 2.05) is 44.3 Å². The van der Waals surface area contributed by atoms with Gasteiger partial charge in [0, 0.05) is 23.6 Å². The van der Waals surface area contributed by atoms with E-state index in [0.29, 0.717) is 38.5 Å². The van der Waals surface area contributed by atoms with Gasteiger partial charge >= 0.3 is 0 Å². The highest BCUT2D eigenvalue weighted by Gasteiger charge is 2.29. The number of benzene rings is 1. The summed E-state index contributed by atoms with van der Waals surface area (Å²) in [5.74, 6) is -1.53. The van der Waals surface area contributed by atoms with Crippen molar-refractivity contribution in [1.29, 1.82) is 0 Å². The maximum Gasteiger partial charge on any atom is 0.243 e. The van der Waals surface area contributed by atoms with Gasteiger partial charge in [-0.05, 0) is 69.0 Å². The van der Waals surface area contributed by atoms with Gasteiger partial charge in [0.15, 0.2) is 5.96 Å². The second kappa shape index (κ2) is 17.8. The van der Waals surface area contributed by atoms with Gasteiger partial charge in [-0.2, -0.15) is 0 Å². The molecule has 0 radical (unpaired) electrons. The minimum absolute atomic E-state index is 0.0574. The summed E-state index contributed by atoms with van der Waals surface area (Å²) in [5, 5.41) is 9.22. The molecule has 12 N–H and O–H groups in total. The number of aldehydes is 1. The first-order valence-corrected chi connectivity index (χ1v) is 14.5. The van der Waals surface area contributed by atoms with Crippen molar-refractivity contribution in [3.05, 3.63) is 36.0 Å². The predicted octanol–water partition coefficient (Wildman–Crippen LogP) is -0.0803. The van der Waals surface area contributed by atoms with Gasteiger partial charge in [-0.1, -0.05) is 32.0 Å². The quantitative estimate of drug-likeness (QED) is 0.0479. The van der Waals surface area contributed by atoms with Crippen molar-refractivity contribution >= 4 is 40.9 Å². The molecule has 0 fully saturated rings. The molecule has 0 aliphatic carbocycles. The average Bonchev–Trinajstić information content (AvgIpc) is 3.35. The first-order chi connectivity index (χ1) is 20.0. The van der Waals surface area contributed by atoms with Crippen LogP contribution in [0.25, 0.3) is 10.9 Å². The Kier molecular flexibility index (Phi) is 14.5. The highest BCUT2D eigenvalue weighted by Crippen LogP contribution is 2.19. The molecule has 0 saturated carbocycles. The lowest BCUT2D eigenvalue weighted by Crippen LogP contribution is -2.57. The highest BCUT2D eigenvalue weighted by atomic mass is 16.2. The summed E-state index contributed by atoms with van der Waals surface area (Å²) in [6, 6.07) is 4.21. The summed E-state index contributed by atoms with van der Waals surface area (Å²) in [4.78, 5) is 58.4. The number of nitrogens with two attached hydrogens (primary N) is 4. The predicted molar refractivity (Wildman–Crippen MR) is 164 cm³/mol. The Bertz CT molecular complexity index is 1190. The maximum absolute atomic E-state index is 13.4. The van der Waals surface area contributed by atoms with Crippen LogP contribution in [0.1, 0.15) is 57.9 Å². The van der Waals surface area contributed by atoms with Crippen molar-refractivity contribution in [1.82, 2.24) is 20.9 Å². The second-order valence-electron chi connectivity index (χ2n) is 10.9. The third kappa shape index (κ3) is 11.5. The van der Waals surface area contributed by atoms with E-state index in [4.69, 9.17) is 22.9 Å². The van der Waals surface area contributed by atoms with Gasteiger partial charge in [-0.15, -0.1) is 0 Å². The Balaban J connectivity index is 2.12. The molecular formula is C29H47N9O4. The lowest BCUT2D eigenvalue weighted by molar-refractivity contribution is -0.133. The molecular weight excluding hydrogens is 538 g/mol. The minimum atomic E-state index is -0.977. The summed E-state index contributed by atoms with van der Waals surface area (Å²) in [6.45, 7) is 4.59. The summed E-state index contributed by atoms with van der Waals surface area (Å²) < 4.78 is 0. The monoisotopic (exact) mass is 585 g/mol. The Morgan fingerprint density at radius 2 is 1.64 bits per heavy atom. The first-order valence-electron chi connectivity index (χ1n) is 14.5. The highest BCUT2D eigenvalue weighted by molar-refractivity contribution is 5.94. The molecule has 1 aromatic carbocycles. The largest absolute Gasteiger partial charge is 0.370 e. The van der Waals surface area contributed by atoms with Crippen LogP contribution in [0.5, 0.6) is 0 Å². The van der Waals surface area contributed by atoms with Crippen LogP contribution in [-0.4, -0.2) is 72.2 Å². The number of H-pyrrole nitrogens is 1. The van der Waals surface area contributed by atoms with Gasteiger partial charge in [0.25, 0.3) is 0 Å². The number of aromatic amines is 1. The van der Waals surface area contributed by atoms with Crippen LogP contribution in [0, 0.1) is 5.92 Å².